The fourth-order valence-electron chi connectivity index (χ4n) is 5.86. The molecule has 0 radical (unpaired) electrons. The Morgan fingerprint density at radius 3 is 2.41 bits per heavy atom. The minimum Gasteiger partial charge on any atom is -0.394 e. The van der Waals surface area contributed by atoms with Crippen LogP contribution in [0, 0.1) is 5.82 Å². The molecule has 0 unspecified atom stereocenters. The number of rotatable bonds is 2. The molecule has 0 bridgehead atoms. The highest BCUT2D eigenvalue weighted by Crippen LogP contribution is 2.46. The number of imide groups is 1. The van der Waals surface area contributed by atoms with E-state index in [1.807, 2.05) is 0 Å². The van der Waals surface area contributed by atoms with Crippen molar-refractivity contribution in [1.82, 2.24) is 14.9 Å². The monoisotopic (exact) mass is 505 g/mol. The molecular formula is C26H20FN3O7. The summed E-state index contributed by atoms with van der Waals surface area (Å²) in [5.41, 5.74) is 1.96. The van der Waals surface area contributed by atoms with Gasteiger partial charge in [-0.15, -0.1) is 0 Å². The van der Waals surface area contributed by atoms with Crippen LogP contribution in [-0.2, 0) is 4.74 Å². The van der Waals surface area contributed by atoms with Gasteiger partial charge in [0, 0.05) is 27.1 Å². The maximum atomic E-state index is 14.2. The van der Waals surface area contributed by atoms with Crippen LogP contribution in [0.4, 0.5) is 4.39 Å². The summed E-state index contributed by atoms with van der Waals surface area (Å²) in [4.78, 5) is 29.3. The number of aliphatic hydroxyl groups excluding tert-OH is 4. The third kappa shape index (κ3) is 2.80. The van der Waals surface area contributed by atoms with Crippen molar-refractivity contribution in [1.29, 1.82) is 0 Å². The van der Waals surface area contributed by atoms with Crippen LogP contribution in [0.15, 0.2) is 42.5 Å². The van der Waals surface area contributed by atoms with E-state index >= 15 is 0 Å². The Bertz CT molecular complexity index is 1810. The largest absolute Gasteiger partial charge is 0.394 e. The Balaban J connectivity index is 1.70. The molecule has 188 valence electrons. The number of carbonyl (C=O) groups is 2. The van der Waals surface area contributed by atoms with E-state index in [0.717, 1.165) is 0 Å². The van der Waals surface area contributed by atoms with Gasteiger partial charge in [-0.05, 0) is 24.3 Å². The number of aliphatic hydroxyl groups is 4. The number of aromatic nitrogens is 2. The van der Waals surface area contributed by atoms with Crippen LogP contribution in [0.2, 0.25) is 0 Å². The summed E-state index contributed by atoms with van der Waals surface area (Å²) in [6.45, 7) is -0.619. The minimum absolute atomic E-state index is 0.136. The quantitative estimate of drug-likeness (QED) is 0.198. The molecule has 5 atom stereocenters. The van der Waals surface area contributed by atoms with Gasteiger partial charge in [-0.25, -0.2) is 4.39 Å². The second-order valence-electron chi connectivity index (χ2n) is 9.43. The van der Waals surface area contributed by atoms with Crippen molar-refractivity contribution < 1.29 is 39.1 Å². The molecule has 0 saturated carbocycles. The van der Waals surface area contributed by atoms with E-state index in [1.54, 1.807) is 28.8 Å². The van der Waals surface area contributed by atoms with Crippen LogP contribution in [0.5, 0.6) is 0 Å². The number of nitrogens with zero attached hydrogens (tertiary/aromatic N) is 1. The van der Waals surface area contributed by atoms with Crippen molar-refractivity contribution in [2.24, 2.45) is 0 Å². The van der Waals surface area contributed by atoms with Crippen molar-refractivity contribution in [2.45, 2.75) is 30.6 Å². The van der Waals surface area contributed by atoms with E-state index in [1.165, 1.54) is 18.2 Å². The van der Waals surface area contributed by atoms with Gasteiger partial charge < -0.3 is 34.7 Å². The first-order valence-electron chi connectivity index (χ1n) is 11.7. The van der Waals surface area contributed by atoms with Gasteiger partial charge in [0.2, 0.25) is 0 Å². The third-order valence-electron chi connectivity index (χ3n) is 7.46. The Morgan fingerprint density at radius 2 is 1.65 bits per heavy atom. The summed E-state index contributed by atoms with van der Waals surface area (Å²) >= 11 is 0. The molecule has 37 heavy (non-hydrogen) atoms. The second kappa shape index (κ2) is 7.57. The molecule has 1 saturated heterocycles. The summed E-state index contributed by atoms with van der Waals surface area (Å²) in [5, 5.41) is 45.9. The van der Waals surface area contributed by atoms with E-state index < -0.39 is 54.9 Å². The molecule has 0 spiro atoms. The second-order valence-corrected chi connectivity index (χ2v) is 9.43. The lowest BCUT2D eigenvalue weighted by molar-refractivity contribution is -0.249. The van der Waals surface area contributed by atoms with Gasteiger partial charge >= 0.3 is 0 Å². The van der Waals surface area contributed by atoms with Crippen LogP contribution in [0.3, 0.4) is 0 Å². The fraction of sp³-hybridized carbons (Fsp3) is 0.231. The van der Waals surface area contributed by atoms with Crippen LogP contribution < -0.4 is 5.32 Å². The van der Waals surface area contributed by atoms with Crippen molar-refractivity contribution in [3.63, 3.8) is 0 Å². The number of ether oxygens (including phenoxy) is 1. The summed E-state index contributed by atoms with van der Waals surface area (Å²) < 4.78 is 21.6. The molecule has 1 fully saturated rings. The van der Waals surface area contributed by atoms with Crippen LogP contribution in [0.25, 0.3) is 43.6 Å². The number of H-pyrrole nitrogens is 1. The first-order chi connectivity index (χ1) is 17.8. The number of aromatic amines is 1. The number of carbonyl (C=O) groups excluding carboxylic acids is 2. The van der Waals surface area contributed by atoms with Gasteiger partial charge in [-0.3, -0.25) is 14.9 Å². The third-order valence-corrected chi connectivity index (χ3v) is 7.46. The molecule has 4 heterocycles. The van der Waals surface area contributed by atoms with Crippen LogP contribution in [0.1, 0.15) is 26.9 Å². The summed E-state index contributed by atoms with van der Waals surface area (Å²) in [6, 6.07) is 11.0. The number of fused-ring (bicyclic) bond motifs is 10. The van der Waals surface area contributed by atoms with Crippen molar-refractivity contribution >= 4 is 55.4 Å². The SMILES string of the molecule is O=C1NC(=O)c2c1c1c3ccc(F)cc3[nH]c1c1c2c2ccccc2n1[C@@H]1O[C@H](CO)[C@@H](O)[C@H](O)[C@H]1O. The average molecular weight is 505 g/mol. The molecule has 11 heteroatoms. The highest BCUT2D eigenvalue weighted by atomic mass is 19.1. The molecule has 10 nitrogen and oxygen atoms in total. The molecule has 2 aliphatic heterocycles. The number of benzene rings is 3. The highest BCUT2D eigenvalue weighted by Gasteiger charge is 2.46. The van der Waals surface area contributed by atoms with Crippen LogP contribution >= 0.6 is 0 Å². The number of halogens is 1. The lowest BCUT2D eigenvalue weighted by Crippen LogP contribution is -2.56. The summed E-state index contributed by atoms with van der Waals surface area (Å²) in [5.74, 6) is -1.68. The molecule has 7 rings (SSSR count). The first kappa shape index (κ1) is 22.3. The van der Waals surface area contributed by atoms with Crippen LogP contribution in [-0.4, -0.2) is 72.8 Å². The van der Waals surface area contributed by atoms with E-state index in [4.69, 9.17) is 4.74 Å². The van der Waals surface area contributed by atoms with E-state index in [-0.39, 0.29) is 11.1 Å². The Morgan fingerprint density at radius 1 is 0.919 bits per heavy atom. The predicted octanol–water partition coefficient (Wildman–Crippen LogP) is 1.42. The maximum Gasteiger partial charge on any atom is 0.259 e. The normalized spacial score (nSPS) is 26.0. The Labute approximate surface area is 206 Å². The van der Waals surface area contributed by atoms with E-state index in [2.05, 4.69) is 10.3 Å². The highest BCUT2D eigenvalue weighted by molar-refractivity contribution is 6.39. The van der Waals surface area contributed by atoms with Crippen molar-refractivity contribution in [3.05, 3.63) is 59.4 Å². The van der Waals surface area contributed by atoms with Gasteiger partial charge in [0.15, 0.2) is 6.23 Å². The molecule has 6 N–H and O–H groups in total. The van der Waals surface area contributed by atoms with Gasteiger partial charge in [-0.2, -0.15) is 0 Å². The fourth-order valence-corrected chi connectivity index (χ4v) is 5.86. The molecule has 2 amide bonds. The van der Waals surface area contributed by atoms with Crippen molar-refractivity contribution in [3.8, 4) is 0 Å². The minimum atomic E-state index is -1.64. The number of hydrogen-bond donors (Lipinski definition) is 6. The Hall–Kier alpha value is -3.87. The molecule has 2 aliphatic rings. The summed E-state index contributed by atoms with van der Waals surface area (Å²) in [6.07, 6.45) is -7.28. The molecule has 2 aromatic heterocycles. The van der Waals surface area contributed by atoms with E-state index in [0.29, 0.717) is 43.6 Å². The standard InChI is InChI=1S/C26H20FN3O7/c27-9-5-6-10-12(7-9)28-19-15(10)17-18(25(36)29-24(17)35)16-11-3-1-2-4-13(11)30(20(16)19)26-23(34)22(33)21(32)14(8-31)37-26/h1-7,14,21-23,26,28,31-34H,8H2,(H,29,35,36)/t14-,21-,22+,23-,26-/m1/s1. The molecular weight excluding hydrogens is 485 g/mol. The van der Waals surface area contributed by atoms with Gasteiger partial charge in [0.05, 0.1) is 34.3 Å². The summed E-state index contributed by atoms with van der Waals surface area (Å²) in [7, 11) is 0. The number of amides is 2. The number of para-hydroxylation sites is 1. The zero-order valence-corrected chi connectivity index (χ0v) is 19.0. The maximum absolute atomic E-state index is 14.2. The molecule has 3 aromatic carbocycles. The zero-order chi connectivity index (χ0) is 25.7. The molecule has 0 aliphatic carbocycles. The topological polar surface area (TPSA) is 157 Å². The Kier molecular flexibility index (Phi) is 4.57. The zero-order valence-electron chi connectivity index (χ0n) is 19.0. The average Bonchev–Trinajstić information content (AvgIpc) is 3.51. The van der Waals surface area contributed by atoms with Gasteiger partial charge in [0.1, 0.15) is 30.2 Å². The van der Waals surface area contributed by atoms with Gasteiger partial charge in [0.25, 0.3) is 11.8 Å². The van der Waals surface area contributed by atoms with Crippen molar-refractivity contribution in [2.75, 3.05) is 6.61 Å². The smallest absolute Gasteiger partial charge is 0.259 e. The number of hydrogen-bond acceptors (Lipinski definition) is 7. The lowest BCUT2D eigenvalue weighted by Gasteiger charge is -2.41. The van der Waals surface area contributed by atoms with E-state index in [9.17, 15) is 34.4 Å². The lowest BCUT2D eigenvalue weighted by atomic mass is 9.96. The molecule has 5 aromatic rings. The van der Waals surface area contributed by atoms with Gasteiger partial charge in [-0.1, -0.05) is 18.2 Å². The predicted molar refractivity (Wildman–Crippen MR) is 130 cm³/mol. The number of nitrogens with one attached hydrogen (secondary N) is 2. The first-order valence-corrected chi connectivity index (χ1v) is 11.7.